The number of alkyl halides is 2. The molecule has 7 nitrogen and oxygen atoms in total. The van der Waals surface area contributed by atoms with E-state index in [0.717, 1.165) is 6.07 Å². The standard InChI is InChI=1S/C23H17F3N6O/c1-29-21(33)16-6-4-14(12-17(16)24)19-8-9-20(27)32(31-19)22(28)23(25,26)15-5-7-18-13(11-15)3-2-10-30-18/h2-12,27-28H,1H3,(H,29,33). The number of nitrogens with one attached hydrogen (secondary N) is 3. The Morgan fingerprint density at radius 3 is 2.61 bits per heavy atom. The molecule has 0 fully saturated rings. The third-order valence-electron chi connectivity index (χ3n) is 5.05. The number of carbonyl (C=O) groups excluding carboxylic acids is 1. The zero-order valence-electron chi connectivity index (χ0n) is 17.2. The van der Waals surface area contributed by atoms with Crippen molar-refractivity contribution in [3.05, 3.63) is 89.3 Å². The summed E-state index contributed by atoms with van der Waals surface area (Å²) in [5, 5.41) is 22.9. The summed E-state index contributed by atoms with van der Waals surface area (Å²) in [5.41, 5.74) is -0.309. The molecule has 0 aliphatic rings. The molecule has 0 atom stereocenters. The van der Waals surface area contributed by atoms with E-state index in [2.05, 4.69) is 15.4 Å². The zero-order chi connectivity index (χ0) is 23.8. The van der Waals surface area contributed by atoms with E-state index in [0.29, 0.717) is 15.6 Å². The topological polar surface area (TPSA) is 108 Å². The van der Waals surface area contributed by atoms with E-state index in [1.807, 2.05) is 0 Å². The van der Waals surface area contributed by atoms with Crippen LogP contribution >= 0.6 is 0 Å². The number of nitrogens with zero attached hydrogens (tertiary/aromatic N) is 3. The summed E-state index contributed by atoms with van der Waals surface area (Å²) in [4.78, 5) is 15.8. The summed E-state index contributed by atoms with van der Waals surface area (Å²) in [5.74, 6) is -6.44. The average molecular weight is 450 g/mol. The normalized spacial score (nSPS) is 11.4. The molecule has 3 N–H and O–H groups in total. The van der Waals surface area contributed by atoms with Gasteiger partial charge in [-0.2, -0.15) is 18.6 Å². The van der Waals surface area contributed by atoms with Crippen LogP contribution in [0.25, 0.3) is 22.2 Å². The van der Waals surface area contributed by atoms with Crippen LogP contribution in [0.3, 0.4) is 0 Å². The largest absolute Gasteiger partial charge is 0.355 e. The molecule has 4 rings (SSSR count). The number of hydrogen-bond acceptors (Lipinski definition) is 5. The smallest absolute Gasteiger partial charge is 0.331 e. The second-order valence-corrected chi connectivity index (χ2v) is 7.12. The van der Waals surface area contributed by atoms with Crippen LogP contribution in [0.15, 0.2) is 66.9 Å². The van der Waals surface area contributed by atoms with Gasteiger partial charge in [0.1, 0.15) is 11.3 Å². The summed E-state index contributed by atoms with van der Waals surface area (Å²) in [6.07, 6.45) is 1.55. The first kappa shape index (κ1) is 21.9. The van der Waals surface area contributed by atoms with E-state index in [1.54, 1.807) is 18.3 Å². The summed E-state index contributed by atoms with van der Waals surface area (Å²) in [7, 11) is 1.37. The Bertz CT molecular complexity index is 1460. The van der Waals surface area contributed by atoms with Crippen LogP contribution in [0.1, 0.15) is 15.9 Å². The van der Waals surface area contributed by atoms with Gasteiger partial charge in [0.25, 0.3) is 5.91 Å². The second kappa shape index (κ2) is 8.30. The van der Waals surface area contributed by atoms with Crippen LogP contribution in [-0.4, -0.2) is 33.6 Å². The van der Waals surface area contributed by atoms with Crippen molar-refractivity contribution in [3.63, 3.8) is 0 Å². The van der Waals surface area contributed by atoms with Crippen molar-refractivity contribution in [2.75, 3.05) is 7.05 Å². The number of amides is 1. The van der Waals surface area contributed by atoms with Gasteiger partial charge < -0.3 is 5.32 Å². The molecule has 2 aromatic heterocycles. The van der Waals surface area contributed by atoms with Gasteiger partial charge in [0.05, 0.1) is 16.8 Å². The molecule has 0 spiro atoms. The Kier molecular flexibility index (Phi) is 5.50. The molecular weight excluding hydrogens is 433 g/mol. The van der Waals surface area contributed by atoms with Gasteiger partial charge in [-0.05, 0) is 42.5 Å². The Morgan fingerprint density at radius 2 is 1.88 bits per heavy atom. The number of pyridine rings is 1. The van der Waals surface area contributed by atoms with Gasteiger partial charge in [0.2, 0.25) is 0 Å². The molecule has 0 saturated carbocycles. The maximum Gasteiger partial charge on any atom is 0.331 e. The molecule has 0 radical (unpaired) electrons. The molecule has 33 heavy (non-hydrogen) atoms. The minimum absolute atomic E-state index is 0.0524. The maximum absolute atomic E-state index is 15.2. The van der Waals surface area contributed by atoms with Crippen LogP contribution in [0.5, 0.6) is 0 Å². The van der Waals surface area contributed by atoms with Crippen molar-refractivity contribution in [1.29, 1.82) is 10.8 Å². The lowest BCUT2D eigenvalue weighted by atomic mass is 10.0. The summed E-state index contributed by atoms with van der Waals surface area (Å²) >= 11 is 0. The van der Waals surface area contributed by atoms with E-state index in [4.69, 9.17) is 10.8 Å². The molecule has 0 saturated heterocycles. The molecule has 4 aromatic rings. The predicted molar refractivity (Wildman–Crippen MR) is 116 cm³/mol. The average Bonchev–Trinajstić information content (AvgIpc) is 2.83. The quantitative estimate of drug-likeness (QED) is 0.326. The number of aromatic nitrogens is 3. The fourth-order valence-electron chi connectivity index (χ4n) is 3.28. The lowest BCUT2D eigenvalue weighted by Crippen LogP contribution is -2.39. The summed E-state index contributed by atoms with van der Waals surface area (Å²) in [6, 6.07) is 13.3. The fraction of sp³-hybridized carbons (Fsp3) is 0.0870. The third kappa shape index (κ3) is 3.98. The monoisotopic (exact) mass is 450 g/mol. The number of rotatable bonds is 4. The van der Waals surface area contributed by atoms with Crippen LogP contribution in [0.2, 0.25) is 0 Å². The predicted octanol–water partition coefficient (Wildman–Crippen LogP) is 3.69. The van der Waals surface area contributed by atoms with Gasteiger partial charge >= 0.3 is 5.92 Å². The van der Waals surface area contributed by atoms with Crippen molar-refractivity contribution >= 4 is 22.6 Å². The van der Waals surface area contributed by atoms with Crippen molar-refractivity contribution in [2.45, 2.75) is 5.92 Å². The molecule has 0 aliphatic carbocycles. The minimum Gasteiger partial charge on any atom is -0.355 e. The lowest BCUT2D eigenvalue weighted by molar-refractivity contribution is 0.0697. The summed E-state index contributed by atoms with van der Waals surface area (Å²) in [6.45, 7) is 0. The number of benzene rings is 2. The first-order chi connectivity index (χ1) is 15.7. The van der Waals surface area contributed by atoms with E-state index >= 15 is 8.78 Å². The van der Waals surface area contributed by atoms with Crippen molar-refractivity contribution in [2.24, 2.45) is 0 Å². The van der Waals surface area contributed by atoms with E-state index < -0.39 is 34.5 Å². The second-order valence-electron chi connectivity index (χ2n) is 7.12. The molecule has 0 bridgehead atoms. The maximum atomic E-state index is 15.2. The molecule has 1 amide bonds. The number of fused-ring (bicyclic) bond motifs is 1. The van der Waals surface area contributed by atoms with Crippen molar-refractivity contribution in [1.82, 2.24) is 20.1 Å². The van der Waals surface area contributed by atoms with E-state index in [9.17, 15) is 9.18 Å². The molecule has 0 unspecified atom stereocenters. The molecule has 2 aromatic carbocycles. The Balaban J connectivity index is 1.74. The van der Waals surface area contributed by atoms with Crippen LogP contribution in [0.4, 0.5) is 13.2 Å². The zero-order valence-corrected chi connectivity index (χ0v) is 17.2. The van der Waals surface area contributed by atoms with Crippen molar-refractivity contribution in [3.8, 4) is 11.3 Å². The highest BCUT2D eigenvalue weighted by Crippen LogP contribution is 2.31. The Hall–Kier alpha value is -4.34. The highest BCUT2D eigenvalue weighted by atomic mass is 19.3. The van der Waals surface area contributed by atoms with Gasteiger partial charge in [-0.15, -0.1) is 0 Å². The molecule has 0 aliphatic heterocycles. The Labute approximate surface area is 185 Å². The van der Waals surface area contributed by atoms with Crippen molar-refractivity contribution < 1.29 is 18.0 Å². The highest BCUT2D eigenvalue weighted by Gasteiger charge is 2.39. The number of hydrogen-bond donors (Lipinski definition) is 3. The van der Waals surface area contributed by atoms with Crippen LogP contribution in [0, 0.1) is 16.6 Å². The van der Waals surface area contributed by atoms with Gasteiger partial charge in [-0.25, -0.2) is 4.39 Å². The van der Waals surface area contributed by atoms with E-state index in [1.165, 1.54) is 49.5 Å². The van der Waals surface area contributed by atoms with Gasteiger partial charge in [-0.3, -0.25) is 20.6 Å². The molecule has 166 valence electrons. The fourth-order valence-corrected chi connectivity index (χ4v) is 3.28. The van der Waals surface area contributed by atoms with Gasteiger partial charge in [0.15, 0.2) is 5.84 Å². The number of carbonyl (C=O) groups is 1. The SMILES string of the molecule is CNC(=O)c1ccc(-c2ccc(=N)n(C(=N)C(F)(F)c3ccc4ncccc4c3)n2)cc1F. The number of halogens is 3. The third-order valence-corrected chi connectivity index (χ3v) is 5.05. The van der Waals surface area contributed by atoms with Crippen LogP contribution < -0.4 is 10.8 Å². The van der Waals surface area contributed by atoms with E-state index in [-0.39, 0.29) is 16.8 Å². The molecule has 2 heterocycles. The lowest BCUT2D eigenvalue weighted by Gasteiger charge is -2.19. The minimum atomic E-state index is -3.77. The van der Waals surface area contributed by atoms with Gasteiger partial charge in [-0.1, -0.05) is 18.2 Å². The van der Waals surface area contributed by atoms with Gasteiger partial charge in [0, 0.05) is 29.8 Å². The van der Waals surface area contributed by atoms with Crippen LogP contribution in [-0.2, 0) is 5.92 Å². The first-order valence-corrected chi connectivity index (χ1v) is 9.72. The first-order valence-electron chi connectivity index (χ1n) is 9.72. The summed E-state index contributed by atoms with van der Waals surface area (Å²) < 4.78 is 45.3. The Morgan fingerprint density at radius 1 is 1.09 bits per heavy atom. The highest BCUT2D eigenvalue weighted by molar-refractivity contribution is 5.94. The molecule has 10 heteroatoms. The molecular formula is C23H17F3N6O.